The standard InChI is InChI=1S/C18H22N4O3.C2HF3O2/c23-17(24)18(9-15(10-18)14-7-4-8-14)22-20-16(19-21-22)12-25-11-13-5-2-1-3-6-13;3-2(4,5)1(6)7/h1-3,5-6,14-15H,4,7-12H2,(H,23,24);(H,6,7). The predicted octanol–water partition coefficient (Wildman–Crippen LogP) is 3.01. The van der Waals surface area contributed by atoms with Crippen LogP contribution in [0.2, 0.25) is 0 Å². The van der Waals surface area contributed by atoms with Gasteiger partial charge in [0.2, 0.25) is 0 Å². The Kier molecular flexibility index (Phi) is 7.12. The van der Waals surface area contributed by atoms with E-state index in [0.717, 1.165) is 5.56 Å². The zero-order valence-corrected chi connectivity index (χ0v) is 17.0. The average Bonchev–Trinajstić information content (AvgIpc) is 3.12. The molecular formula is C20H23F3N4O5. The molecule has 0 bridgehead atoms. The molecule has 2 fully saturated rings. The van der Waals surface area contributed by atoms with Crippen molar-refractivity contribution >= 4 is 11.9 Å². The van der Waals surface area contributed by atoms with Crippen LogP contribution in [0, 0.1) is 11.8 Å². The van der Waals surface area contributed by atoms with Gasteiger partial charge in [-0.3, -0.25) is 0 Å². The van der Waals surface area contributed by atoms with Crippen LogP contribution in [0.3, 0.4) is 0 Å². The van der Waals surface area contributed by atoms with Gasteiger partial charge < -0.3 is 14.9 Å². The van der Waals surface area contributed by atoms with Gasteiger partial charge in [-0.2, -0.15) is 13.2 Å². The minimum Gasteiger partial charge on any atom is -0.479 e. The normalized spacial score (nSPS) is 22.8. The third kappa shape index (κ3) is 5.42. The van der Waals surface area contributed by atoms with Crippen molar-refractivity contribution in [2.75, 3.05) is 0 Å². The van der Waals surface area contributed by atoms with E-state index in [0.29, 0.717) is 37.1 Å². The molecule has 32 heavy (non-hydrogen) atoms. The van der Waals surface area contributed by atoms with Crippen molar-refractivity contribution in [2.45, 2.75) is 57.0 Å². The van der Waals surface area contributed by atoms with Crippen LogP contribution in [0.15, 0.2) is 30.3 Å². The van der Waals surface area contributed by atoms with Gasteiger partial charge in [0.1, 0.15) is 6.61 Å². The Bertz CT molecular complexity index is 925. The van der Waals surface area contributed by atoms with E-state index in [1.807, 2.05) is 30.3 Å². The number of benzene rings is 1. The summed E-state index contributed by atoms with van der Waals surface area (Å²) >= 11 is 0. The Morgan fingerprint density at radius 3 is 2.22 bits per heavy atom. The quantitative estimate of drug-likeness (QED) is 0.651. The highest BCUT2D eigenvalue weighted by atomic mass is 19.4. The molecule has 0 atom stereocenters. The van der Waals surface area contributed by atoms with Gasteiger partial charge in [-0.1, -0.05) is 49.6 Å². The Morgan fingerprint density at radius 2 is 1.72 bits per heavy atom. The summed E-state index contributed by atoms with van der Waals surface area (Å²) in [5, 5.41) is 29.1. The second kappa shape index (κ2) is 9.63. The Hall–Kier alpha value is -3.02. The largest absolute Gasteiger partial charge is 0.490 e. The van der Waals surface area contributed by atoms with Crippen LogP contribution in [0.25, 0.3) is 0 Å². The van der Waals surface area contributed by atoms with E-state index in [9.17, 15) is 23.1 Å². The summed E-state index contributed by atoms with van der Waals surface area (Å²) in [7, 11) is 0. The molecule has 9 nitrogen and oxygen atoms in total. The lowest BCUT2D eigenvalue weighted by atomic mass is 9.59. The first-order valence-electron chi connectivity index (χ1n) is 10.1. The van der Waals surface area contributed by atoms with Crippen molar-refractivity contribution in [2.24, 2.45) is 11.8 Å². The molecule has 2 aliphatic rings. The van der Waals surface area contributed by atoms with Crippen molar-refractivity contribution in [3.8, 4) is 0 Å². The predicted molar refractivity (Wildman–Crippen MR) is 102 cm³/mol. The first-order valence-corrected chi connectivity index (χ1v) is 10.1. The number of alkyl halides is 3. The van der Waals surface area contributed by atoms with Crippen LogP contribution >= 0.6 is 0 Å². The highest BCUT2D eigenvalue weighted by Gasteiger charge is 2.56. The lowest BCUT2D eigenvalue weighted by Gasteiger charge is -2.48. The van der Waals surface area contributed by atoms with E-state index in [2.05, 4.69) is 15.4 Å². The Labute approximate surface area is 181 Å². The van der Waals surface area contributed by atoms with Crippen molar-refractivity contribution in [3.05, 3.63) is 41.7 Å². The monoisotopic (exact) mass is 456 g/mol. The van der Waals surface area contributed by atoms with Gasteiger partial charge in [-0.25, -0.2) is 9.59 Å². The minimum absolute atomic E-state index is 0.219. The van der Waals surface area contributed by atoms with E-state index >= 15 is 0 Å². The minimum atomic E-state index is -5.08. The first-order chi connectivity index (χ1) is 15.1. The molecule has 2 saturated carbocycles. The molecular weight excluding hydrogens is 433 g/mol. The van der Waals surface area contributed by atoms with Crippen LogP contribution in [-0.4, -0.2) is 48.5 Å². The summed E-state index contributed by atoms with van der Waals surface area (Å²) in [6.07, 6.45) is -0.152. The molecule has 2 aliphatic carbocycles. The lowest BCUT2D eigenvalue weighted by molar-refractivity contribution is -0.192. The van der Waals surface area contributed by atoms with E-state index < -0.39 is 23.7 Å². The molecule has 0 amide bonds. The van der Waals surface area contributed by atoms with Crippen molar-refractivity contribution in [3.63, 3.8) is 0 Å². The number of aliphatic carboxylic acids is 2. The maximum atomic E-state index is 11.8. The number of hydrogen-bond acceptors (Lipinski definition) is 6. The van der Waals surface area contributed by atoms with Crippen molar-refractivity contribution < 1.29 is 37.7 Å². The van der Waals surface area contributed by atoms with E-state index in [1.165, 1.54) is 24.1 Å². The third-order valence-corrected chi connectivity index (χ3v) is 5.84. The molecule has 0 spiro atoms. The van der Waals surface area contributed by atoms with E-state index in [1.54, 1.807) is 0 Å². The number of rotatable bonds is 7. The number of carboxylic acid groups (broad SMARTS) is 2. The summed E-state index contributed by atoms with van der Waals surface area (Å²) in [6.45, 7) is 0.680. The molecule has 2 N–H and O–H groups in total. The summed E-state index contributed by atoms with van der Waals surface area (Å²) in [6, 6.07) is 9.84. The number of nitrogens with zero attached hydrogens (tertiary/aromatic N) is 4. The molecule has 4 rings (SSSR count). The third-order valence-electron chi connectivity index (χ3n) is 5.84. The molecule has 0 aliphatic heterocycles. The van der Waals surface area contributed by atoms with Gasteiger partial charge in [0, 0.05) is 0 Å². The fraction of sp³-hybridized carbons (Fsp3) is 0.550. The number of halogens is 3. The summed E-state index contributed by atoms with van der Waals surface area (Å²) < 4.78 is 37.3. The molecule has 0 radical (unpaired) electrons. The van der Waals surface area contributed by atoms with Gasteiger partial charge in [-0.15, -0.1) is 15.0 Å². The van der Waals surface area contributed by atoms with Crippen LogP contribution < -0.4 is 0 Å². The molecule has 12 heteroatoms. The number of carbonyl (C=O) groups is 2. The van der Waals surface area contributed by atoms with Gasteiger partial charge in [0.05, 0.1) is 6.61 Å². The maximum Gasteiger partial charge on any atom is 0.490 e. The van der Waals surface area contributed by atoms with Crippen LogP contribution in [0.5, 0.6) is 0 Å². The van der Waals surface area contributed by atoms with Gasteiger partial charge in [-0.05, 0) is 35.5 Å². The SMILES string of the molecule is O=C(O)C(F)(F)F.O=C(O)C1(n2nnc(COCc3ccccc3)n2)CC(C2CCC2)C1. The topological polar surface area (TPSA) is 127 Å². The van der Waals surface area contributed by atoms with Gasteiger partial charge >= 0.3 is 18.1 Å². The number of tetrazole rings is 1. The maximum absolute atomic E-state index is 11.8. The highest BCUT2D eigenvalue weighted by Crippen LogP contribution is 2.52. The smallest absolute Gasteiger partial charge is 0.479 e. The number of carboxylic acids is 2. The molecule has 1 aromatic carbocycles. The molecule has 2 aromatic rings. The molecule has 0 saturated heterocycles. The second-order valence-corrected chi connectivity index (χ2v) is 7.97. The zero-order chi connectivity index (χ0) is 23.4. The number of aromatic nitrogens is 4. The van der Waals surface area contributed by atoms with Crippen LogP contribution in [0.1, 0.15) is 43.5 Å². The van der Waals surface area contributed by atoms with Gasteiger partial charge in [0.15, 0.2) is 11.4 Å². The molecule has 1 aromatic heterocycles. The summed E-state index contributed by atoms with van der Waals surface area (Å²) in [5.41, 5.74) is 0.0459. The number of hydrogen-bond donors (Lipinski definition) is 2. The van der Waals surface area contributed by atoms with Crippen molar-refractivity contribution in [1.82, 2.24) is 20.2 Å². The highest BCUT2D eigenvalue weighted by molar-refractivity contribution is 5.77. The van der Waals surface area contributed by atoms with Crippen molar-refractivity contribution in [1.29, 1.82) is 0 Å². The Balaban J connectivity index is 0.000000360. The van der Waals surface area contributed by atoms with Gasteiger partial charge in [0.25, 0.3) is 0 Å². The average molecular weight is 456 g/mol. The first kappa shape index (κ1) is 23.6. The lowest BCUT2D eigenvalue weighted by Crippen LogP contribution is -2.56. The summed E-state index contributed by atoms with van der Waals surface area (Å²) in [5.74, 6) is -2.04. The van der Waals surface area contributed by atoms with Crippen LogP contribution in [-0.2, 0) is 33.1 Å². The molecule has 1 heterocycles. The molecule has 0 unspecified atom stereocenters. The summed E-state index contributed by atoms with van der Waals surface area (Å²) in [4.78, 5) is 22.0. The second-order valence-electron chi connectivity index (χ2n) is 7.97. The zero-order valence-electron chi connectivity index (χ0n) is 17.0. The number of ether oxygens (including phenoxy) is 1. The van der Waals surface area contributed by atoms with E-state index in [-0.39, 0.29) is 6.61 Å². The Morgan fingerprint density at radius 1 is 1.09 bits per heavy atom. The van der Waals surface area contributed by atoms with Crippen LogP contribution in [0.4, 0.5) is 13.2 Å². The van der Waals surface area contributed by atoms with E-state index in [4.69, 9.17) is 14.6 Å². The fourth-order valence-electron chi connectivity index (χ4n) is 3.79. The fourth-order valence-corrected chi connectivity index (χ4v) is 3.79. The molecule has 174 valence electrons.